The number of halogens is 1. The molecule has 0 aliphatic carbocycles. The van der Waals surface area contributed by atoms with E-state index < -0.39 is 0 Å². The lowest BCUT2D eigenvalue weighted by Crippen LogP contribution is -2.13. The summed E-state index contributed by atoms with van der Waals surface area (Å²) in [7, 11) is 0. The molecule has 1 aliphatic heterocycles. The van der Waals surface area contributed by atoms with Gasteiger partial charge in [-0.1, -0.05) is 0 Å². The van der Waals surface area contributed by atoms with Gasteiger partial charge in [0, 0.05) is 12.2 Å². The quantitative estimate of drug-likeness (QED) is 0.876. The molecule has 0 saturated carbocycles. The van der Waals surface area contributed by atoms with Crippen molar-refractivity contribution in [2.45, 2.75) is 6.42 Å². The van der Waals surface area contributed by atoms with Gasteiger partial charge in [0.25, 0.3) is 0 Å². The van der Waals surface area contributed by atoms with Crippen LogP contribution in [0.25, 0.3) is 0 Å². The van der Waals surface area contributed by atoms with Crippen LogP contribution in [0.4, 0.5) is 10.1 Å². The minimum absolute atomic E-state index is 0.359. The number of anilines is 1. The highest BCUT2D eigenvalue weighted by atomic mass is 32.2. The standard InChI is InChI=1S/C12H13FN2S/c13-11-3-10(6-14)4-12(5-11)15-7-9-1-2-16-8-9/h3-5,9,15H,1-2,7-8H2. The van der Waals surface area contributed by atoms with Gasteiger partial charge in [-0.25, -0.2) is 4.39 Å². The molecule has 1 aromatic carbocycles. The third-order valence-corrected chi connectivity index (χ3v) is 3.88. The molecule has 0 spiro atoms. The molecule has 0 bridgehead atoms. The Morgan fingerprint density at radius 2 is 2.38 bits per heavy atom. The summed E-state index contributed by atoms with van der Waals surface area (Å²) in [6.45, 7) is 0.862. The molecule has 0 aromatic heterocycles. The van der Waals surface area contributed by atoms with Gasteiger partial charge in [0.05, 0.1) is 11.6 Å². The summed E-state index contributed by atoms with van der Waals surface area (Å²) in [6, 6.07) is 6.32. The molecule has 1 N–H and O–H groups in total. The third-order valence-electron chi connectivity index (χ3n) is 2.65. The number of thioether (sulfide) groups is 1. The Kier molecular flexibility index (Phi) is 3.68. The molecule has 0 radical (unpaired) electrons. The smallest absolute Gasteiger partial charge is 0.126 e. The molecule has 2 nitrogen and oxygen atoms in total. The lowest BCUT2D eigenvalue weighted by atomic mass is 10.1. The van der Waals surface area contributed by atoms with Crippen LogP contribution in [0, 0.1) is 23.1 Å². The Hall–Kier alpha value is -1.21. The highest BCUT2D eigenvalue weighted by molar-refractivity contribution is 7.99. The maximum atomic E-state index is 13.1. The van der Waals surface area contributed by atoms with Gasteiger partial charge in [0.15, 0.2) is 0 Å². The van der Waals surface area contributed by atoms with Gasteiger partial charge in [0.1, 0.15) is 5.82 Å². The first-order valence-corrected chi connectivity index (χ1v) is 6.45. The fraction of sp³-hybridized carbons (Fsp3) is 0.417. The summed E-state index contributed by atoms with van der Waals surface area (Å²) in [5.41, 5.74) is 1.07. The SMILES string of the molecule is N#Cc1cc(F)cc(NCC2CCSC2)c1. The van der Waals surface area contributed by atoms with Gasteiger partial charge in [-0.3, -0.25) is 0 Å². The van der Waals surface area contributed by atoms with Crippen LogP contribution < -0.4 is 5.32 Å². The topological polar surface area (TPSA) is 35.8 Å². The first-order valence-electron chi connectivity index (χ1n) is 5.30. The predicted molar refractivity (Wildman–Crippen MR) is 65.0 cm³/mol. The minimum Gasteiger partial charge on any atom is -0.385 e. The second-order valence-corrected chi connectivity index (χ2v) is 5.10. The third kappa shape index (κ3) is 2.89. The average molecular weight is 236 g/mol. The molecule has 1 fully saturated rings. The Bertz CT molecular complexity index is 408. The lowest BCUT2D eigenvalue weighted by molar-refractivity contribution is 0.622. The molecule has 1 atom stereocenters. The summed E-state index contributed by atoms with van der Waals surface area (Å²) >= 11 is 1.96. The summed E-state index contributed by atoms with van der Waals surface area (Å²) in [6.07, 6.45) is 1.22. The van der Waals surface area contributed by atoms with Crippen molar-refractivity contribution in [3.8, 4) is 6.07 Å². The number of nitriles is 1. The molecule has 16 heavy (non-hydrogen) atoms. The Balaban J connectivity index is 1.98. The van der Waals surface area contributed by atoms with Crippen molar-refractivity contribution in [1.82, 2.24) is 0 Å². The summed E-state index contributed by atoms with van der Waals surface area (Å²) < 4.78 is 13.1. The Morgan fingerprint density at radius 1 is 1.50 bits per heavy atom. The number of nitrogens with one attached hydrogen (secondary N) is 1. The maximum Gasteiger partial charge on any atom is 0.126 e. The maximum absolute atomic E-state index is 13.1. The van der Waals surface area contributed by atoms with Crippen LogP contribution in [-0.2, 0) is 0 Å². The number of rotatable bonds is 3. The highest BCUT2D eigenvalue weighted by Gasteiger charge is 2.14. The van der Waals surface area contributed by atoms with Crippen LogP contribution in [-0.4, -0.2) is 18.1 Å². The van der Waals surface area contributed by atoms with Gasteiger partial charge in [-0.2, -0.15) is 17.0 Å². The zero-order chi connectivity index (χ0) is 11.4. The first kappa shape index (κ1) is 11.3. The molecule has 1 aliphatic rings. The normalized spacial score (nSPS) is 19.4. The lowest BCUT2D eigenvalue weighted by Gasteiger charge is -2.11. The van der Waals surface area contributed by atoms with Gasteiger partial charge in [0.2, 0.25) is 0 Å². The van der Waals surface area contributed by atoms with Crippen LogP contribution in [0.3, 0.4) is 0 Å². The summed E-state index contributed by atoms with van der Waals surface area (Å²) in [5.74, 6) is 2.70. The van der Waals surface area contributed by atoms with Crippen molar-refractivity contribution in [2.75, 3.05) is 23.4 Å². The van der Waals surface area contributed by atoms with E-state index in [9.17, 15) is 4.39 Å². The van der Waals surface area contributed by atoms with Gasteiger partial charge in [-0.05, 0) is 42.0 Å². The van der Waals surface area contributed by atoms with Crippen LogP contribution in [0.15, 0.2) is 18.2 Å². The zero-order valence-electron chi connectivity index (χ0n) is 8.87. The number of nitrogens with zero attached hydrogens (tertiary/aromatic N) is 1. The molecule has 1 heterocycles. The van der Waals surface area contributed by atoms with E-state index in [1.165, 1.54) is 30.1 Å². The van der Waals surface area contributed by atoms with Gasteiger partial charge in [-0.15, -0.1) is 0 Å². The molecular formula is C12H13FN2S. The number of benzene rings is 1. The van der Waals surface area contributed by atoms with Crippen molar-refractivity contribution in [1.29, 1.82) is 5.26 Å². The van der Waals surface area contributed by atoms with Crippen LogP contribution >= 0.6 is 11.8 Å². The van der Waals surface area contributed by atoms with Crippen molar-refractivity contribution in [2.24, 2.45) is 5.92 Å². The Morgan fingerprint density at radius 3 is 3.06 bits per heavy atom. The Labute approximate surface area is 98.8 Å². The fourth-order valence-corrected chi connectivity index (χ4v) is 3.05. The monoisotopic (exact) mass is 236 g/mol. The molecule has 1 aromatic rings. The van der Waals surface area contributed by atoms with E-state index in [2.05, 4.69) is 5.32 Å². The highest BCUT2D eigenvalue weighted by Crippen LogP contribution is 2.24. The summed E-state index contributed by atoms with van der Waals surface area (Å²) in [5, 5.41) is 11.9. The van der Waals surface area contributed by atoms with Crippen molar-refractivity contribution < 1.29 is 4.39 Å². The van der Waals surface area contributed by atoms with E-state index in [-0.39, 0.29) is 5.82 Å². The molecular weight excluding hydrogens is 223 g/mol. The number of hydrogen-bond acceptors (Lipinski definition) is 3. The molecule has 1 saturated heterocycles. The second kappa shape index (κ2) is 5.22. The van der Waals surface area contributed by atoms with Crippen molar-refractivity contribution >= 4 is 17.4 Å². The minimum atomic E-state index is -0.359. The molecule has 4 heteroatoms. The van der Waals surface area contributed by atoms with Crippen molar-refractivity contribution in [3.05, 3.63) is 29.6 Å². The van der Waals surface area contributed by atoms with E-state index in [1.54, 1.807) is 6.07 Å². The average Bonchev–Trinajstić information content (AvgIpc) is 2.78. The molecule has 84 valence electrons. The van der Waals surface area contributed by atoms with E-state index in [0.717, 1.165) is 6.54 Å². The van der Waals surface area contributed by atoms with E-state index in [4.69, 9.17) is 5.26 Å². The first-order chi connectivity index (χ1) is 7.78. The van der Waals surface area contributed by atoms with Crippen LogP contribution in [0.1, 0.15) is 12.0 Å². The molecule has 1 unspecified atom stereocenters. The predicted octanol–water partition coefficient (Wildman–Crippen LogP) is 2.86. The summed E-state index contributed by atoms with van der Waals surface area (Å²) in [4.78, 5) is 0. The van der Waals surface area contributed by atoms with Crippen LogP contribution in [0.5, 0.6) is 0 Å². The fourth-order valence-electron chi connectivity index (χ4n) is 1.76. The molecule has 2 rings (SSSR count). The van der Waals surface area contributed by atoms with Gasteiger partial charge < -0.3 is 5.32 Å². The van der Waals surface area contributed by atoms with Crippen molar-refractivity contribution in [3.63, 3.8) is 0 Å². The van der Waals surface area contributed by atoms with Crippen LogP contribution in [0.2, 0.25) is 0 Å². The van der Waals surface area contributed by atoms with E-state index in [0.29, 0.717) is 17.2 Å². The van der Waals surface area contributed by atoms with E-state index >= 15 is 0 Å². The largest absolute Gasteiger partial charge is 0.385 e. The zero-order valence-corrected chi connectivity index (χ0v) is 9.69. The molecule has 0 amide bonds. The van der Waals surface area contributed by atoms with Gasteiger partial charge >= 0.3 is 0 Å². The van der Waals surface area contributed by atoms with E-state index in [1.807, 2.05) is 17.8 Å². The number of hydrogen-bond donors (Lipinski definition) is 1. The second-order valence-electron chi connectivity index (χ2n) is 3.95.